The number of aromatic nitrogens is 4. The third-order valence-corrected chi connectivity index (χ3v) is 10.8. The fourth-order valence-corrected chi connectivity index (χ4v) is 7.81. The van der Waals surface area contributed by atoms with Crippen molar-refractivity contribution >= 4 is 45.3 Å². The summed E-state index contributed by atoms with van der Waals surface area (Å²) < 4.78 is 40.7. The van der Waals surface area contributed by atoms with Gasteiger partial charge >= 0.3 is 0 Å². The summed E-state index contributed by atoms with van der Waals surface area (Å²) in [5, 5.41) is 30.0. The van der Waals surface area contributed by atoms with E-state index in [1.54, 1.807) is 36.9 Å². The van der Waals surface area contributed by atoms with Gasteiger partial charge in [0.25, 0.3) is 11.8 Å². The Morgan fingerprint density at radius 1 is 0.707 bits per heavy atom. The van der Waals surface area contributed by atoms with E-state index in [4.69, 9.17) is 9.47 Å². The minimum atomic E-state index is -1.41. The first-order chi connectivity index (χ1) is 28.0. The van der Waals surface area contributed by atoms with Gasteiger partial charge in [-0.05, 0) is 64.0 Å². The number of benzene rings is 2. The van der Waals surface area contributed by atoms with Gasteiger partial charge in [0, 0.05) is 51.0 Å². The van der Waals surface area contributed by atoms with Gasteiger partial charge in [-0.2, -0.15) is 10.5 Å². The lowest BCUT2D eigenvalue weighted by molar-refractivity contribution is -0.138. The van der Waals surface area contributed by atoms with E-state index in [0.29, 0.717) is 85.3 Å². The second kappa shape index (κ2) is 17.5. The summed E-state index contributed by atoms with van der Waals surface area (Å²) in [5.74, 6) is -0.649. The molecule has 4 aliphatic heterocycles. The van der Waals surface area contributed by atoms with Crippen molar-refractivity contribution in [1.82, 2.24) is 41.2 Å². The Labute approximate surface area is 334 Å². The third kappa shape index (κ3) is 9.05. The highest BCUT2D eigenvalue weighted by Crippen LogP contribution is 2.31. The van der Waals surface area contributed by atoms with Gasteiger partial charge in [0.1, 0.15) is 45.5 Å². The highest BCUT2D eigenvalue weighted by molar-refractivity contribution is 5.93. The van der Waals surface area contributed by atoms with Gasteiger partial charge in [0.05, 0.1) is 60.9 Å². The number of nitriles is 2. The van der Waals surface area contributed by atoms with E-state index >= 15 is 0 Å². The molecule has 0 radical (unpaired) electrons. The minimum absolute atomic E-state index is 0.0294. The predicted octanol–water partition coefficient (Wildman–Crippen LogP) is 1.83. The normalized spacial score (nSPS) is 27.0. The van der Waals surface area contributed by atoms with Crippen LogP contribution in [0.25, 0.3) is 22.1 Å². The van der Waals surface area contributed by atoms with Crippen molar-refractivity contribution in [3.8, 4) is 12.1 Å². The Hall–Kier alpha value is -5.66. The maximum Gasteiger partial charge on any atom is 0.251 e. The second-order valence-corrected chi connectivity index (χ2v) is 15.3. The van der Waals surface area contributed by atoms with E-state index in [2.05, 4.69) is 53.3 Å². The Balaban J connectivity index is 0.000000177. The zero-order chi connectivity index (χ0) is 40.9. The van der Waals surface area contributed by atoms with Gasteiger partial charge in [-0.1, -0.05) is 0 Å². The van der Waals surface area contributed by atoms with E-state index in [1.165, 1.54) is 0 Å². The van der Waals surface area contributed by atoms with Crippen molar-refractivity contribution in [2.75, 3.05) is 75.2 Å². The molecule has 18 heteroatoms. The molecule has 4 fully saturated rings. The summed E-state index contributed by atoms with van der Waals surface area (Å²) in [6, 6.07) is 11.3. The molecule has 304 valence electrons. The number of nitrogens with zero attached hydrogens (tertiary/aromatic N) is 8. The molecule has 0 spiro atoms. The highest BCUT2D eigenvalue weighted by atomic mass is 19.1. The van der Waals surface area contributed by atoms with Gasteiger partial charge in [0.2, 0.25) is 0 Å². The summed E-state index contributed by atoms with van der Waals surface area (Å²) in [5.41, 5.74) is 1.95. The van der Waals surface area contributed by atoms with Crippen LogP contribution in [0.15, 0.2) is 49.1 Å². The smallest absolute Gasteiger partial charge is 0.251 e. The van der Waals surface area contributed by atoms with Crippen LogP contribution in [-0.4, -0.2) is 133 Å². The maximum atomic E-state index is 14.5. The number of hydrogen-bond donors (Lipinski definition) is 4. The Morgan fingerprint density at radius 3 is 1.47 bits per heavy atom. The molecule has 4 saturated heterocycles. The lowest BCUT2D eigenvalue weighted by atomic mass is 10.1. The fourth-order valence-electron chi connectivity index (χ4n) is 7.81. The molecule has 58 heavy (non-hydrogen) atoms. The minimum Gasteiger partial charge on any atom is -0.364 e. The SMILES string of the molecule is CC1CN(c2ccc(C#N)c3nccnc23)CC(C(=O)NC[C@@]2(F)CCNC2)O1.CC1CN(c2ccc(C#N)c3nccnc23)CC(C(=O)NC[C@@]2(F)CCNC2)O1. The third-order valence-electron chi connectivity index (χ3n) is 10.8. The van der Waals surface area contributed by atoms with Crippen LogP contribution in [-0.2, 0) is 19.1 Å². The quantitative estimate of drug-likeness (QED) is 0.201. The van der Waals surface area contributed by atoms with Crippen LogP contribution >= 0.6 is 0 Å². The van der Waals surface area contributed by atoms with Crippen molar-refractivity contribution in [3.05, 3.63) is 60.2 Å². The van der Waals surface area contributed by atoms with Crippen molar-refractivity contribution in [3.63, 3.8) is 0 Å². The number of hydrogen-bond acceptors (Lipinski definition) is 14. The molecular formula is C40H46F2N12O4. The molecule has 2 aromatic carbocycles. The lowest BCUT2D eigenvalue weighted by Gasteiger charge is -2.38. The van der Waals surface area contributed by atoms with Crippen LogP contribution in [0.2, 0.25) is 0 Å². The first-order valence-electron chi connectivity index (χ1n) is 19.4. The maximum absolute atomic E-state index is 14.5. The van der Waals surface area contributed by atoms with Crippen molar-refractivity contribution in [2.24, 2.45) is 0 Å². The number of carbonyl (C=O) groups is 2. The second-order valence-electron chi connectivity index (χ2n) is 15.3. The fraction of sp³-hybridized carbons (Fsp3) is 0.500. The van der Waals surface area contributed by atoms with Gasteiger partial charge in [-0.15, -0.1) is 0 Å². The van der Waals surface area contributed by atoms with Crippen molar-refractivity contribution < 1.29 is 27.8 Å². The van der Waals surface area contributed by atoms with Crippen LogP contribution < -0.4 is 31.1 Å². The molecule has 0 bridgehead atoms. The van der Waals surface area contributed by atoms with Crippen molar-refractivity contribution in [1.29, 1.82) is 10.5 Å². The monoisotopic (exact) mass is 796 g/mol. The molecule has 0 aliphatic carbocycles. The molecule has 6 atom stereocenters. The molecule has 8 rings (SSSR count). The first kappa shape index (κ1) is 40.5. The number of amides is 2. The molecule has 4 unspecified atom stereocenters. The number of carbonyl (C=O) groups excluding carboxylic acids is 2. The molecule has 4 aliphatic rings. The molecule has 4 N–H and O–H groups in total. The number of anilines is 2. The standard InChI is InChI=1S/2C20H23FN6O2/c2*1-13-9-27(15-3-2-14(8-22)17-18(15)25-7-6-24-17)10-16(29-13)19(28)26-12-20(21)4-5-23-11-20/h2*2-3,6-7,13,16,23H,4-5,9-12H2,1H3,(H,26,28)/t2*13?,16?,20-/m11/s1. The van der Waals surface area contributed by atoms with Gasteiger partial charge in [0.15, 0.2) is 12.2 Å². The molecule has 2 amide bonds. The van der Waals surface area contributed by atoms with E-state index in [9.17, 15) is 28.9 Å². The Bertz CT molecular complexity index is 2070. The summed E-state index contributed by atoms with van der Waals surface area (Å²) in [7, 11) is 0. The average molecular weight is 797 g/mol. The number of halogens is 2. The number of nitrogens with one attached hydrogen (secondary N) is 4. The highest BCUT2D eigenvalue weighted by Gasteiger charge is 2.38. The number of rotatable bonds is 8. The molecule has 0 saturated carbocycles. The van der Waals surface area contributed by atoms with E-state index in [1.807, 2.05) is 35.8 Å². The molecule has 6 heterocycles. The lowest BCUT2D eigenvalue weighted by Crippen LogP contribution is -2.54. The summed E-state index contributed by atoms with van der Waals surface area (Å²) >= 11 is 0. The van der Waals surface area contributed by atoms with E-state index < -0.39 is 23.5 Å². The molecule has 2 aromatic heterocycles. The molecular weight excluding hydrogens is 751 g/mol. The summed E-state index contributed by atoms with van der Waals surface area (Å²) in [6.07, 6.45) is 5.19. The van der Waals surface area contributed by atoms with Crippen LogP contribution in [0, 0.1) is 22.7 Å². The summed E-state index contributed by atoms with van der Waals surface area (Å²) in [4.78, 5) is 46.7. The van der Waals surface area contributed by atoms with Crippen LogP contribution in [0.1, 0.15) is 37.8 Å². The van der Waals surface area contributed by atoms with Gasteiger partial charge in [-0.25, -0.2) is 8.78 Å². The van der Waals surface area contributed by atoms with Gasteiger partial charge in [-0.3, -0.25) is 29.5 Å². The number of fused-ring (bicyclic) bond motifs is 2. The van der Waals surface area contributed by atoms with E-state index in [-0.39, 0.29) is 50.2 Å². The number of morpholine rings is 2. The van der Waals surface area contributed by atoms with Crippen LogP contribution in [0.5, 0.6) is 0 Å². The van der Waals surface area contributed by atoms with Crippen LogP contribution in [0.3, 0.4) is 0 Å². The van der Waals surface area contributed by atoms with E-state index in [0.717, 1.165) is 11.4 Å². The largest absolute Gasteiger partial charge is 0.364 e. The van der Waals surface area contributed by atoms with Crippen LogP contribution in [0.4, 0.5) is 20.2 Å². The zero-order valence-corrected chi connectivity index (χ0v) is 32.4. The predicted molar refractivity (Wildman–Crippen MR) is 210 cm³/mol. The summed E-state index contributed by atoms with van der Waals surface area (Å²) in [6.45, 7) is 7.20. The van der Waals surface area contributed by atoms with Gasteiger partial charge < -0.3 is 40.5 Å². The van der Waals surface area contributed by atoms with Crippen molar-refractivity contribution in [2.45, 2.75) is 62.4 Å². The zero-order valence-electron chi connectivity index (χ0n) is 32.4. The number of ether oxygens (including phenoxy) is 2. The molecule has 4 aromatic rings. The Kier molecular flexibility index (Phi) is 12.2. The number of alkyl halides is 2. The first-order valence-corrected chi connectivity index (χ1v) is 19.4. The Morgan fingerprint density at radius 2 is 1.10 bits per heavy atom. The average Bonchev–Trinajstić information content (AvgIpc) is 3.89. The molecule has 16 nitrogen and oxygen atoms in total. The topological polar surface area (TPSA) is 206 Å².